The third kappa shape index (κ3) is 4.92. The largest absolute Gasteiger partial charge is 0.351 e. The third-order valence-electron chi connectivity index (χ3n) is 3.84. The molecule has 0 spiro atoms. The number of aryl methyl sites for hydroxylation is 2. The number of benzene rings is 2. The molecule has 0 aliphatic rings. The number of rotatable bonds is 6. The van der Waals surface area contributed by atoms with Crippen LogP contribution in [0.4, 0.5) is 0 Å². The Morgan fingerprint density at radius 2 is 1.54 bits per heavy atom. The number of nitrogens with zero attached hydrogens (tertiary/aromatic N) is 2. The molecule has 1 heterocycles. The fourth-order valence-corrected chi connectivity index (χ4v) is 3.72. The van der Waals surface area contributed by atoms with E-state index in [4.69, 9.17) is 0 Å². The number of hydrogen-bond donors (Lipinski definition) is 1. The van der Waals surface area contributed by atoms with Gasteiger partial charge >= 0.3 is 0 Å². The van der Waals surface area contributed by atoms with Crippen LogP contribution in [0, 0.1) is 13.8 Å². The van der Waals surface area contributed by atoms with E-state index in [1.165, 1.54) is 11.8 Å². The first-order chi connectivity index (χ1) is 12.6. The Morgan fingerprint density at radius 1 is 0.962 bits per heavy atom. The summed E-state index contributed by atoms with van der Waals surface area (Å²) in [5, 5.41) is 3.25. The highest BCUT2D eigenvalue weighted by Gasteiger charge is 2.23. The summed E-state index contributed by atoms with van der Waals surface area (Å²) in [5.41, 5.74) is 3.80. The molecular weight excluding hydrogens is 342 g/mol. The molecule has 5 heteroatoms. The highest BCUT2D eigenvalue weighted by molar-refractivity contribution is 8.00. The molecule has 0 unspecified atom stereocenters. The van der Waals surface area contributed by atoms with Crippen molar-refractivity contribution in [2.24, 2.45) is 0 Å². The Bertz CT molecular complexity index is 849. The summed E-state index contributed by atoms with van der Waals surface area (Å²) >= 11 is 1.38. The second-order valence-electron chi connectivity index (χ2n) is 6.05. The molecule has 0 aliphatic carbocycles. The Balaban J connectivity index is 1.80. The fraction of sp³-hybridized carbons (Fsp3) is 0.190. The SMILES string of the molecule is Cc1cc(C)nc(S[C@@H](C(=O)NCc2ccccc2)c2ccccc2)n1. The van der Waals surface area contributed by atoms with E-state index in [1.807, 2.05) is 80.6 Å². The lowest BCUT2D eigenvalue weighted by molar-refractivity contribution is -0.120. The standard InChI is InChI=1S/C21H21N3OS/c1-15-13-16(2)24-21(23-15)26-19(18-11-7-4-8-12-18)20(25)22-14-17-9-5-3-6-10-17/h3-13,19H,14H2,1-2H3,(H,22,25)/t19-/m1/s1. The molecular formula is C21H21N3OS. The Kier molecular flexibility index (Phi) is 6.02. The first-order valence-corrected chi connectivity index (χ1v) is 9.35. The number of carbonyl (C=O) groups excluding carboxylic acids is 1. The zero-order valence-corrected chi connectivity index (χ0v) is 15.7. The molecule has 4 nitrogen and oxygen atoms in total. The van der Waals surface area contributed by atoms with Gasteiger partial charge in [-0.1, -0.05) is 72.4 Å². The van der Waals surface area contributed by atoms with Gasteiger partial charge in [0.15, 0.2) is 5.16 Å². The minimum absolute atomic E-state index is 0.0483. The van der Waals surface area contributed by atoms with Crippen LogP contribution in [0.5, 0.6) is 0 Å². The van der Waals surface area contributed by atoms with Crippen LogP contribution in [0.25, 0.3) is 0 Å². The lowest BCUT2D eigenvalue weighted by Gasteiger charge is -2.16. The van der Waals surface area contributed by atoms with E-state index in [9.17, 15) is 4.79 Å². The second kappa shape index (κ2) is 8.63. The lowest BCUT2D eigenvalue weighted by Crippen LogP contribution is -2.27. The number of nitrogens with one attached hydrogen (secondary N) is 1. The van der Waals surface area contributed by atoms with Crippen LogP contribution in [0.1, 0.15) is 27.8 Å². The van der Waals surface area contributed by atoms with Crippen molar-refractivity contribution in [3.8, 4) is 0 Å². The minimum Gasteiger partial charge on any atom is -0.351 e. The van der Waals surface area contributed by atoms with Crippen molar-refractivity contribution in [3.05, 3.63) is 89.2 Å². The summed E-state index contributed by atoms with van der Waals surface area (Å²) in [6, 6.07) is 21.6. The molecule has 1 atom stereocenters. The molecule has 0 saturated heterocycles. The third-order valence-corrected chi connectivity index (χ3v) is 4.95. The van der Waals surface area contributed by atoms with Gasteiger partial charge < -0.3 is 5.32 Å². The zero-order valence-electron chi connectivity index (χ0n) is 14.8. The summed E-state index contributed by atoms with van der Waals surface area (Å²) in [6.45, 7) is 4.37. The van der Waals surface area contributed by atoms with Gasteiger partial charge in [0.25, 0.3) is 0 Å². The van der Waals surface area contributed by atoms with Gasteiger partial charge in [0.1, 0.15) is 5.25 Å². The van der Waals surface area contributed by atoms with Crippen LogP contribution in [-0.4, -0.2) is 15.9 Å². The fourth-order valence-electron chi connectivity index (χ4n) is 2.63. The number of thioether (sulfide) groups is 1. The van der Waals surface area contributed by atoms with Gasteiger partial charge in [-0.2, -0.15) is 0 Å². The van der Waals surface area contributed by atoms with Crippen LogP contribution < -0.4 is 5.32 Å². The monoisotopic (exact) mass is 363 g/mol. The summed E-state index contributed by atoms with van der Waals surface area (Å²) in [4.78, 5) is 21.8. The highest BCUT2D eigenvalue weighted by Crippen LogP contribution is 2.33. The van der Waals surface area contributed by atoms with Gasteiger partial charge in [0.05, 0.1) is 0 Å². The first-order valence-electron chi connectivity index (χ1n) is 8.47. The number of aromatic nitrogens is 2. The summed E-state index contributed by atoms with van der Waals surface area (Å²) in [6.07, 6.45) is 0. The first kappa shape index (κ1) is 18.1. The van der Waals surface area contributed by atoms with Crippen LogP contribution in [0.2, 0.25) is 0 Å². The average molecular weight is 363 g/mol. The minimum atomic E-state index is -0.402. The number of carbonyl (C=O) groups is 1. The molecule has 1 aromatic heterocycles. The van der Waals surface area contributed by atoms with Gasteiger partial charge in [-0.05, 0) is 31.0 Å². The van der Waals surface area contributed by atoms with Crippen molar-refractivity contribution < 1.29 is 4.79 Å². The van der Waals surface area contributed by atoms with Gasteiger partial charge in [-0.3, -0.25) is 4.79 Å². The maximum Gasteiger partial charge on any atom is 0.238 e. The van der Waals surface area contributed by atoms with E-state index < -0.39 is 5.25 Å². The van der Waals surface area contributed by atoms with Gasteiger partial charge in [-0.25, -0.2) is 9.97 Å². The summed E-state index contributed by atoms with van der Waals surface area (Å²) in [7, 11) is 0. The van der Waals surface area contributed by atoms with Crippen LogP contribution in [-0.2, 0) is 11.3 Å². The molecule has 26 heavy (non-hydrogen) atoms. The van der Waals surface area contributed by atoms with Gasteiger partial charge in [0, 0.05) is 17.9 Å². The van der Waals surface area contributed by atoms with Crippen LogP contribution >= 0.6 is 11.8 Å². The lowest BCUT2D eigenvalue weighted by atomic mass is 10.1. The van der Waals surface area contributed by atoms with Crippen molar-refractivity contribution >= 4 is 17.7 Å². The van der Waals surface area contributed by atoms with E-state index >= 15 is 0 Å². The Labute approximate surface area is 158 Å². The van der Waals surface area contributed by atoms with Crippen molar-refractivity contribution in [1.82, 2.24) is 15.3 Å². The normalized spacial score (nSPS) is 11.8. The molecule has 3 rings (SSSR count). The molecule has 0 fully saturated rings. The predicted octanol–water partition coefficient (Wildman–Crippen LogP) is 4.24. The zero-order chi connectivity index (χ0) is 18.4. The molecule has 1 N–H and O–H groups in total. The highest BCUT2D eigenvalue weighted by atomic mass is 32.2. The Hall–Kier alpha value is -2.66. The van der Waals surface area contributed by atoms with Crippen molar-refractivity contribution in [2.45, 2.75) is 30.8 Å². The molecule has 0 radical (unpaired) electrons. The van der Waals surface area contributed by atoms with Gasteiger partial charge in [-0.15, -0.1) is 0 Å². The van der Waals surface area contributed by atoms with Crippen molar-refractivity contribution in [3.63, 3.8) is 0 Å². The van der Waals surface area contributed by atoms with Crippen molar-refractivity contribution in [1.29, 1.82) is 0 Å². The number of amides is 1. The van der Waals surface area contributed by atoms with E-state index in [0.29, 0.717) is 11.7 Å². The number of hydrogen-bond acceptors (Lipinski definition) is 4. The van der Waals surface area contributed by atoms with E-state index in [2.05, 4.69) is 15.3 Å². The molecule has 132 valence electrons. The maximum absolute atomic E-state index is 12.9. The molecule has 1 amide bonds. The molecule has 0 saturated carbocycles. The van der Waals surface area contributed by atoms with E-state index in [-0.39, 0.29) is 5.91 Å². The molecule has 0 aliphatic heterocycles. The van der Waals surface area contributed by atoms with Crippen LogP contribution in [0.3, 0.4) is 0 Å². The quantitative estimate of drug-likeness (QED) is 0.526. The topological polar surface area (TPSA) is 54.9 Å². The smallest absolute Gasteiger partial charge is 0.238 e. The average Bonchev–Trinajstić information content (AvgIpc) is 2.65. The predicted molar refractivity (Wildman–Crippen MR) is 105 cm³/mol. The molecule has 3 aromatic rings. The van der Waals surface area contributed by atoms with E-state index in [1.54, 1.807) is 0 Å². The molecule has 2 aromatic carbocycles. The summed E-state index contributed by atoms with van der Waals surface area (Å²) in [5.74, 6) is -0.0483. The van der Waals surface area contributed by atoms with E-state index in [0.717, 1.165) is 22.5 Å². The van der Waals surface area contributed by atoms with Crippen molar-refractivity contribution in [2.75, 3.05) is 0 Å². The maximum atomic E-state index is 12.9. The van der Waals surface area contributed by atoms with Gasteiger partial charge in [0.2, 0.25) is 5.91 Å². The molecule has 0 bridgehead atoms. The Morgan fingerprint density at radius 3 is 2.15 bits per heavy atom. The van der Waals surface area contributed by atoms with Crippen LogP contribution in [0.15, 0.2) is 71.9 Å². The summed E-state index contributed by atoms with van der Waals surface area (Å²) < 4.78 is 0. The second-order valence-corrected chi connectivity index (χ2v) is 7.12.